The molecule has 0 amide bonds. The van der Waals surface area contributed by atoms with Gasteiger partial charge in [-0.15, -0.1) is 0 Å². The number of nitrogens with one attached hydrogen (secondary N) is 1. The molecule has 0 bridgehead atoms. The fourth-order valence-electron chi connectivity index (χ4n) is 4.43. The van der Waals surface area contributed by atoms with Crippen molar-refractivity contribution in [1.29, 1.82) is 0 Å². The molecule has 0 spiro atoms. The highest BCUT2D eigenvalue weighted by Gasteiger charge is 2.21. The fourth-order valence-corrected chi connectivity index (χ4v) is 4.56. The summed E-state index contributed by atoms with van der Waals surface area (Å²) in [5.74, 6) is 0.887. The van der Waals surface area contributed by atoms with Crippen LogP contribution in [-0.2, 0) is 19.4 Å². The summed E-state index contributed by atoms with van der Waals surface area (Å²) in [5, 5.41) is 9.33. The van der Waals surface area contributed by atoms with Gasteiger partial charge in [0.25, 0.3) is 0 Å². The quantitative estimate of drug-likeness (QED) is 0.846. The second-order valence-electron chi connectivity index (χ2n) is 7.55. The number of nitrogens with zero attached hydrogens (tertiary/aromatic N) is 2. The number of aromatic nitrogens is 2. The average Bonchev–Trinajstić information content (AvgIpc) is 2.83. The molecule has 2 aliphatic rings. The molecular formula is C21H28ClN3. The van der Waals surface area contributed by atoms with E-state index >= 15 is 0 Å². The molecule has 1 N–H and O–H groups in total. The third kappa shape index (κ3) is 3.93. The predicted molar refractivity (Wildman–Crippen MR) is 104 cm³/mol. The van der Waals surface area contributed by atoms with E-state index in [2.05, 4.69) is 22.1 Å². The van der Waals surface area contributed by atoms with Gasteiger partial charge in [-0.2, -0.15) is 5.10 Å². The minimum absolute atomic E-state index is 0.796. The van der Waals surface area contributed by atoms with Gasteiger partial charge in [0.1, 0.15) is 0 Å². The van der Waals surface area contributed by atoms with Crippen LogP contribution in [0.1, 0.15) is 49.8 Å². The maximum absolute atomic E-state index is 6.11. The van der Waals surface area contributed by atoms with Gasteiger partial charge in [-0.1, -0.05) is 55.8 Å². The molecule has 3 nitrogen and oxygen atoms in total. The molecule has 1 fully saturated rings. The molecule has 0 unspecified atom stereocenters. The maximum Gasteiger partial charge on any atom is 0.0717 e. The summed E-state index contributed by atoms with van der Waals surface area (Å²) in [6.45, 7) is 3.12. The Labute approximate surface area is 155 Å². The molecule has 4 heteroatoms. The first-order valence-corrected chi connectivity index (χ1v) is 10.2. The Morgan fingerprint density at radius 3 is 2.60 bits per heavy atom. The lowest BCUT2D eigenvalue weighted by atomic mass is 9.87. The maximum atomic E-state index is 6.11. The Bertz CT molecular complexity index is 699. The Morgan fingerprint density at radius 2 is 1.80 bits per heavy atom. The zero-order valence-corrected chi connectivity index (χ0v) is 15.7. The molecule has 1 saturated carbocycles. The van der Waals surface area contributed by atoms with Gasteiger partial charge in [-0.3, -0.25) is 4.68 Å². The van der Waals surface area contributed by atoms with E-state index in [1.165, 1.54) is 61.0 Å². The Hall–Kier alpha value is -1.32. The minimum Gasteiger partial charge on any atom is -0.316 e. The third-order valence-corrected chi connectivity index (χ3v) is 6.07. The monoisotopic (exact) mass is 357 g/mol. The molecule has 1 aromatic heterocycles. The van der Waals surface area contributed by atoms with Gasteiger partial charge in [0, 0.05) is 35.7 Å². The normalized spacial score (nSPS) is 18.8. The highest BCUT2D eigenvalue weighted by atomic mass is 35.5. The van der Waals surface area contributed by atoms with Crippen LogP contribution in [0.3, 0.4) is 0 Å². The van der Waals surface area contributed by atoms with E-state index in [1.807, 2.05) is 12.1 Å². The number of rotatable bonds is 4. The first-order chi connectivity index (χ1) is 12.3. The molecule has 0 atom stereocenters. The van der Waals surface area contributed by atoms with Crippen LogP contribution in [0.15, 0.2) is 24.3 Å². The van der Waals surface area contributed by atoms with Crippen LogP contribution in [0, 0.1) is 5.92 Å². The van der Waals surface area contributed by atoms with Crippen molar-refractivity contribution in [2.75, 3.05) is 13.1 Å². The van der Waals surface area contributed by atoms with E-state index in [1.54, 1.807) is 0 Å². The summed E-state index contributed by atoms with van der Waals surface area (Å²) in [6.07, 6.45) is 10.4. The third-order valence-electron chi connectivity index (χ3n) is 5.82. The van der Waals surface area contributed by atoms with Gasteiger partial charge in [-0.05, 0) is 37.4 Å². The van der Waals surface area contributed by atoms with E-state index < -0.39 is 0 Å². The first-order valence-electron chi connectivity index (χ1n) is 9.86. The molecule has 1 aliphatic heterocycles. The zero-order chi connectivity index (χ0) is 17.1. The molecule has 134 valence electrons. The van der Waals surface area contributed by atoms with Crippen LogP contribution in [0.25, 0.3) is 11.3 Å². The van der Waals surface area contributed by atoms with Crippen LogP contribution in [0.4, 0.5) is 0 Å². The SMILES string of the molecule is Clc1ccc(-c2c3c(nn2CCC2CCCCC2)CCNCC3)cc1. The number of fused-ring (bicyclic) bond motifs is 1. The summed E-state index contributed by atoms with van der Waals surface area (Å²) < 4.78 is 2.30. The first kappa shape index (κ1) is 17.1. The van der Waals surface area contributed by atoms with Crippen LogP contribution in [-0.4, -0.2) is 22.9 Å². The van der Waals surface area contributed by atoms with Crippen molar-refractivity contribution < 1.29 is 0 Å². The summed E-state index contributed by atoms with van der Waals surface area (Å²) in [6, 6.07) is 8.29. The lowest BCUT2D eigenvalue weighted by molar-refractivity contribution is 0.319. The number of hydrogen-bond acceptors (Lipinski definition) is 2. The zero-order valence-electron chi connectivity index (χ0n) is 14.9. The van der Waals surface area contributed by atoms with Gasteiger partial charge >= 0.3 is 0 Å². The highest BCUT2D eigenvalue weighted by Crippen LogP contribution is 2.31. The highest BCUT2D eigenvalue weighted by molar-refractivity contribution is 6.30. The molecule has 4 rings (SSSR count). The topological polar surface area (TPSA) is 29.9 Å². The lowest BCUT2D eigenvalue weighted by Crippen LogP contribution is -2.17. The van der Waals surface area contributed by atoms with Gasteiger partial charge in [0.15, 0.2) is 0 Å². The Balaban J connectivity index is 1.63. The van der Waals surface area contributed by atoms with Gasteiger partial charge < -0.3 is 5.32 Å². The van der Waals surface area contributed by atoms with E-state index in [-0.39, 0.29) is 0 Å². The largest absolute Gasteiger partial charge is 0.316 e. The van der Waals surface area contributed by atoms with Crippen LogP contribution >= 0.6 is 11.6 Å². The second kappa shape index (κ2) is 7.92. The molecule has 0 saturated heterocycles. The number of benzene rings is 1. The van der Waals surface area contributed by atoms with Crippen LogP contribution < -0.4 is 5.32 Å². The van der Waals surface area contributed by atoms with Gasteiger partial charge in [-0.25, -0.2) is 0 Å². The van der Waals surface area contributed by atoms with Crippen molar-refractivity contribution in [3.05, 3.63) is 40.5 Å². The molecular weight excluding hydrogens is 330 g/mol. The molecule has 2 aromatic rings. The molecule has 1 aliphatic carbocycles. The van der Waals surface area contributed by atoms with Crippen LogP contribution in [0.2, 0.25) is 5.02 Å². The van der Waals surface area contributed by atoms with E-state index in [4.69, 9.17) is 16.7 Å². The van der Waals surface area contributed by atoms with Gasteiger partial charge in [0.05, 0.1) is 11.4 Å². The lowest BCUT2D eigenvalue weighted by Gasteiger charge is -2.22. The summed E-state index contributed by atoms with van der Waals surface area (Å²) in [4.78, 5) is 0. The molecule has 25 heavy (non-hydrogen) atoms. The summed E-state index contributed by atoms with van der Waals surface area (Å²) in [5.41, 5.74) is 5.31. The fraction of sp³-hybridized carbons (Fsp3) is 0.571. The van der Waals surface area contributed by atoms with Crippen molar-refractivity contribution in [1.82, 2.24) is 15.1 Å². The van der Waals surface area contributed by atoms with Crippen molar-refractivity contribution in [2.24, 2.45) is 5.92 Å². The average molecular weight is 358 g/mol. The predicted octanol–water partition coefficient (Wildman–Crippen LogP) is 4.86. The van der Waals surface area contributed by atoms with E-state index in [0.29, 0.717) is 0 Å². The summed E-state index contributed by atoms with van der Waals surface area (Å²) >= 11 is 6.11. The van der Waals surface area contributed by atoms with Gasteiger partial charge in [0.2, 0.25) is 0 Å². The second-order valence-corrected chi connectivity index (χ2v) is 7.98. The van der Waals surface area contributed by atoms with Crippen molar-refractivity contribution >= 4 is 11.6 Å². The molecule has 0 radical (unpaired) electrons. The minimum atomic E-state index is 0.796. The molecule has 2 heterocycles. The number of aryl methyl sites for hydroxylation is 1. The van der Waals surface area contributed by atoms with E-state index in [9.17, 15) is 0 Å². The van der Waals surface area contributed by atoms with Crippen LogP contribution in [0.5, 0.6) is 0 Å². The van der Waals surface area contributed by atoms with Crippen molar-refractivity contribution in [3.63, 3.8) is 0 Å². The summed E-state index contributed by atoms with van der Waals surface area (Å²) in [7, 11) is 0. The van der Waals surface area contributed by atoms with Crippen molar-refractivity contribution in [2.45, 2.75) is 57.9 Å². The Morgan fingerprint density at radius 1 is 1.04 bits per heavy atom. The number of halogens is 1. The van der Waals surface area contributed by atoms with Crippen molar-refractivity contribution in [3.8, 4) is 11.3 Å². The van der Waals surface area contributed by atoms with E-state index in [0.717, 1.165) is 43.4 Å². The smallest absolute Gasteiger partial charge is 0.0717 e. The number of hydrogen-bond donors (Lipinski definition) is 1. The molecule has 1 aromatic carbocycles. The Kier molecular flexibility index (Phi) is 5.42. The standard InChI is InChI=1S/C21H28ClN3/c22-18-8-6-17(7-9-18)21-19-10-13-23-14-11-20(19)24-25(21)15-12-16-4-2-1-3-5-16/h6-9,16,23H,1-5,10-15H2.